The average Bonchev–Trinajstić information content (AvgIpc) is 2.73. The van der Waals surface area contributed by atoms with Gasteiger partial charge in [-0.25, -0.2) is 9.97 Å². The number of nitrogens with one attached hydrogen (secondary N) is 1. The molecular formula is C21H24N4O. The maximum Gasteiger partial charge on any atom is 0.162 e. The Morgan fingerprint density at radius 3 is 2.54 bits per heavy atom. The zero-order valence-electron chi connectivity index (χ0n) is 15.1. The Bertz CT molecular complexity index is 862. The number of aromatic nitrogens is 2. The predicted molar refractivity (Wildman–Crippen MR) is 105 cm³/mol. The fraction of sp³-hybridized carbons (Fsp3) is 0.333. The molecule has 26 heavy (non-hydrogen) atoms. The number of para-hydroxylation sites is 1. The normalized spacial score (nSPS) is 16.5. The Kier molecular flexibility index (Phi) is 5.09. The van der Waals surface area contributed by atoms with E-state index in [0.717, 1.165) is 61.0 Å². The number of hydrogen-bond acceptors (Lipinski definition) is 5. The lowest BCUT2D eigenvalue weighted by atomic mass is 10.1. The molecular weight excluding hydrogens is 324 g/mol. The summed E-state index contributed by atoms with van der Waals surface area (Å²) in [4.78, 5) is 12.0. The molecule has 2 heterocycles. The van der Waals surface area contributed by atoms with Gasteiger partial charge in [-0.2, -0.15) is 0 Å². The predicted octanol–water partition coefficient (Wildman–Crippen LogP) is 3.43. The first kappa shape index (κ1) is 16.9. The zero-order chi connectivity index (χ0) is 17.8. The molecule has 4 rings (SSSR count). The number of rotatable bonds is 5. The van der Waals surface area contributed by atoms with E-state index in [-0.39, 0.29) is 0 Å². The minimum atomic E-state index is 0.424. The number of benzene rings is 2. The van der Waals surface area contributed by atoms with Gasteiger partial charge in [0.15, 0.2) is 5.82 Å². The van der Waals surface area contributed by atoms with Crippen molar-refractivity contribution in [2.75, 3.05) is 38.2 Å². The number of nitrogens with zero attached hydrogens (tertiary/aromatic N) is 3. The van der Waals surface area contributed by atoms with Crippen LogP contribution in [0, 0.1) is 0 Å². The highest BCUT2D eigenvalue weighted by Crippen LogP contribution is 2.24. The van der Waals surface area contributed by atoms with Crippen LogP contribution in [0.4, 0.5) is 5.82 Å². The van der Waals surface area contributed by atoms with Gasteiger partial charge in [-0.05, 0) is 19.1 Å². The summed E-state index contributed by atoms with van der Waals surface area (Å²) in [6.45, 7) is 6.71. The first-order valence-corrected chi connectivity index (χ1v) is 9.19. The van der Waals surface area contributed by atoms with Crippen molar-refractivity contribution in [3.05, 3.63) is 54.6 Å². The molecule has 134 valence electrons. The Labute approximate surface area is 154 Å². The second-order valence-electron chi connectivity index (χ2n) is 6.66. The molecule has 0 spiro atoms. The molecule has 1 aliphatic rings. The van der Waals surface area contributed by atoms with Gasteiger partial charge in [0.2, 0.25) is 0 Å². The van der Waals surface area contributed by atoms with E-state index in [4.69, 9.17) is 14.7 Å². The quantitative estimate of drug-likeness (QED) is 0.765. The third kappa shape index (κ3) is 3.69. The summed E-state index contributed by atoms with van der Waals surface area (Å²) >= 11 is 0. The molecule has 0 aliphatic carbocycles. The van der Waals surface area contributed by atoms with Crippen LogP contribution in [-0.4, -0.2) is 53.8 Å². The molecule has 1 aromatic heterocycles. The van der Waals surface area contributed by atoms with Gasteiger partial charge >= 0.3 is 0 Å². The summed E-state index contributed by atoms with van der Waals surface area (Å²) in [6, 6.07) is 18.7. The maximum absolute atomic E-state index is 5.45. The summed E-state index contributed by atoms with van der Waals surface area (Å²) in [5.41, 5.74) is 1.99. The second-order valence-corrected chi connectivity index (χ2v) is 6.66. The van der Waals surface area contributed by atoms with E-state index in [1.807, 2.05) is 48.5 Å². The molecule has 0 unspecified atom stereocenters. The molecule has 1 N–H and O–H groups in total. The van der Waals surface area contributed by atoms with E-state index in [0.29, 0.717) is 6.04 Å². The molecule has 1 atom stereocenters. The Morgan fingerprint density at radius 2 is 1.73 bits per heavy atom. The molecule has 3 aromatic rings. The van der Waals surface area contributed by atoms with E-state index in [1.54, 1.807) is 0 Å². The van der Waals surface area contributed by atoms with Crippen molar-refractivity contribution in [2.24, 2.45) is 0 Å². The van der Waals surface area contributed by atoms with Crippen LogP contribution in [-0.2, 0) is 4.74 Å². The van der Waals surface area contributed by atoms with Crippen LogP contribution in [0.2, 0.25) is 0 Å². The topological polar surface area (TPSA) is 50.3 Å². The minimum Gasteiger partial charge on any atom is -0.379 e. The van der Waals surface area contributed by atoms with Gasteiger partial charge in [-0.15, -0.1) is 0 Å². The van der Waals surface area contributed by atoms with Gasteiger partial charge in [0, 0.05) is 36.6 Å². The van der Waals surface area contributed by atoms with Crippen LogP contribution < -0.4 is 5.32 Å². The largest absolute Gasteiger partial charge is 0.379 e. The molecule has 1 fully saturated rings. The van der Waals surface area contributed by atoms with Gasteiger partial charge in [-0.1, -0.05) is 42.5 Å². The highest BCUT2D eigenvalue weighted by atomic mass is 16.5. The maximum atomic E-state index is 5.45. The van der Waals surface area contributed by atoms with Crippen molar-refractivity contribution in [2.45, 2.75) is 13.0 Å². The van der Waals surface area contributed by atoms with E-state index >= 15 is 0 Å². The number of anilines is 1. The lowest BCUT2D eigenvalue weighted by Gasteiger charge is -2.32. The van der Waals surface area contributed by atoms with Crippen molar-refractivity contribution in [1.82, 2.24) is 14.9 Å². The molecule has 5 nitrogen and oxygen atoms in total. The average molecular weight is 348 g/mol. The monoisotopic (exact) mass is 348 g/mol. The van der Waals surface area contributed by atoms with Gasteiger partial charge in [0.1, 0.15) is 5.82 Å². The van der Waals surface area contributed by atoms with Crippen LogP contribution in [0.5, 0.6) is 0 Å². The molecule has 0 amide bonds. The van der Waals surface area contributed by atoms with Crippen LogP contribution in [0.1, 0.15) is 6.92 Å². The van der Waals surface area contributed by atoms with Crippen LogP contribution in [0.25, 0.3) is 22.3 Å². The van der Waals surface area contributed by atoms with E-state index < -0.39 is 0 Å². The number of morpholine rings is 1. The summed E-state index contributed by atoms with van der Waals surface area (Å²) < 4.78 is 5.45. The van der Waals surface area contributed by atoms with Gasteiger partial charge in [-0.3, -0.25) is 4.90 Å². The molecule has 1 saturated heterocycles. The first-order chi connectivity index (χ1) is 12.8. The lowest BCUT2D eigenvalue weighted by Crippen LogP contribution is -2.45. The summed E-state index contributed by atoms with van der Waals surface area (Å²) in [7, 11) is 0. The highest BCUT2D eigenvalue weighted by molar-refractivity contribution is 5.90. The Balaban J connectivity index is 1.60. The lowest BCUT2D eigenvalue weighted by molar-refractivity contribution is 0.0227. The molecule has 2 aromatic carbocycles. The molecule has 0 saturated carbocycles. The molecule has 5 heteroatoms. The van der Waals surface area contributed by atoms with Gasteiger partial charge in [0.25, 0.3) is 0 Å². The highest BCUT2D eigenvalue weighted by Gasteiger charge is 2.17. The minimum absolute atomic E-state index is 0.424. The van der Waals surface area contributed by atoms with E-state index in [9.17, 15) is 0 Å². The first-order valence-electron chi connectivity index (χ1n) is 9.19. The van der Waals surface area contributed by atoms with Crippen LogP contribution in [0.15, 0.2) is 54.6 Å². The second kappa shape index (κ2) is 7.81. The zero-order valence-corrected chi connectivity index (χ0v) is 15.1. The number of ether oxygens (including phenoxy) is 1. The van der Waals surface area contributed by atoms with Crippen LogP contribution >= 0.6 is 0 Å². The standard InChI is InChI=1S/C21H24N4O/c1-16(25-11-13-26-14-12-25)15-22-21-18-9-5-6-10-19(18)23-20(24-21)17-7-3-2-4-8-17/h2-10,16H,11-15H2,1H3,(H,22,23,24)/t16-/m1/s1. The SMILES string of the molecule is C[C@H](CNc1nc(-c2ccccc2)nc2ccccc12)N1CCOCC1. The fourth-order valence-electron chi connectivity index (χ4n) is 3.32. The summed E-state index contributed by atoms with van der Waals surface area (Å²) in [5.74, 6) is 1.65. The van der Waals surface area contributed by atoms with Gasteiger partial charge in [0.05, 0.1) is 18.7 Å². The fourth-order valence-corrected chi connectivity index (χ4v) is 3.32. The molecule has 1 aliphatic heterocycles. The van der Waals surface area contributed by atoms with Crippen molar-refractivity contribution >= 4 is 16.7 Å². The van der Waals surface area contributed by atoms with Crippen molar-refractivity contribution in [1.29, 1.82) is 0 Å². The summed E-state index contributed by atoms with van der Waals surface area (Å²) in [6.07, 6.45) is 0. The van der Waals surface area contributed by atoms with Gasteiger partial charge < -0.3 is 10.1 Å². The molecule has 0 bridgehead atoms. The number of hydrogen-bond donors (Lipinski definition) is 1. The molecule has 0 radical (unpaired) electrons. The van der Waals surface area contributed by atoms with Crippen molar-refractivity contribution in [3.63, 3.8) is 0 Å². The van der Waals surface area contributed by atoms with Crippen LogP contribution in [0.3, 0.4) is 0 Å². The Morgan fingerprint density at radius 1 is 1.00 bits per heavy atom. The Hall–Kier alpha value is -2.50. The van der Waals surface area contributed by atoms with E-state index in [2.05, 4.69) is 23.2 Å². The summed E-state index contributed by atoms with van der Waals surface area (Å²) in [5, 5.41) is 4.62. The van der Waals surface area contributed by atoms with Crippen molar-refractivity contribution < 1.29 is 4.74 Å². The third-order valence-electron chi connectivity index (χ3n) is 4.87. The smallest absolute Gasteiger partial charge is 0.162 e. The third-order valence-corrected chi connectivity index (χ3v) is 4.87. The number of fused-ring (bicyclic) bond motifs is 1. The van der Waals surface area contributed by atoms with Crippen molar-refractivity contribution in [3.8, 4) is 11.4 Å². The van der Waals surface area contributed by atoms with E-state index in [1.165, 1.54) is 0 Å².